The Morgan fingerprint density at radius 2 is 1.56 bits per heavy atom. The zero-order valence-electron chi connectivity index (χ0n) is 8.84. The van der Waals surface area contributed by atoms with Gasteiger partial charge in [0.05, 0.1) is 4.92 Å². The van der Waals surface area contributed by atoms with Crippen molar-refractivity contribution in [1.29, 1.82) is 0 Å². The summed E-state index contributed by atoms with van der Waals surface area (Å²) in [6, 6.07) is 5.52. The fourth-order valence-corrected chi connectivity index (χ4v) is 0.818. The van der Waals surface area contributed by atoms with E-state index >= 15 is 0 Å². The Bertz CT molecular complexity index is 359. The fourth-order valence-electron chi connectivity index (χ4n) is 0.818. The average molecular weight is 225 g/mol. The molecule has 1 aromatic rings. The van der Waals surface area contributed by atoms with Crippen LogP contribution in [0.5, 0.6) is 0 Å². The van der Waals surface area contributed by atoms with Crippen molar-refractivity contribution in [3.05, 3.63) is 39.9 Å². The maximum absolute atomic E-state index is 10.8. The third-order valence-corrected chi connectivity index (χ3v) is 1.48. The van der Waals surface area contributed by atoms with Crippen LogP contribution in [0.3, 0.4) is 0 Å². The predicted molar refractivity (Wildman–Crippen MR) is 56.4 cm³/mol. The summed E-state index contributed by atoms with van der Waals surface area (Å²) in [7, 11) is 0. The van der Waals surface area contributed by atoms with Gasteiger partial charge in [-0.05, 0) is 19.1 Å². The number of hydrogen-bond donors (Lipinski definition) is 1. The lowest BCUT2D eigenvalue weighted by atomic mass is 10.1. The van der Waals surface area contributed by atoms with Gasteiger partial charge in [-0.15, -0.1) is 0 Å². The quantitative estimate of drug-likeness (QED) is 0.470. The summed E-state index contributed by atoms with van der Waals surface area (Å²) in [6.45, 7) is 2.50. The summed E-state index contributed by atoms with van der Waals surface area (Å²) in [5.74, 6) is -0.926. The molecule has 1 N–H and O–H groups in total. The van der Waals surface area contributed by atoms with E-state index in [0.717, 1.165) is 6.92 Å². The first kappa shape index (κ1) is 13.8. The van der Waals surface area contributed by atoms with E-state index in [1.54, 1.807) is 0 Å². The second-order valence-electron chi connectivity index (χ2n) is 2.88. The molecule has 0 atom stereocenters. The van der Waals surface area contributed by atoms with E-state index in [2.05, 4.69) is 0 Å². The summed E-state index contributed by atoms with van der Waals surface area (Å²) in [6.07, 6.45) is 0. The highest BCUT2D eigenvalue weighted by Gasteiger charge is 2.05. The van der Waals surface area contributed by atoms with Crippen LogP contribution in [-0.2, 0) is 4.79 Å². The summed E-state index contributed by atoms with van der Waals surface area (Å²) in [5.41, 5.74) is 0.487. The van der Waals surface area contributed by atoms with Crippen molar-refractivity contribution in [1.82, 2.24) is 0 Å². The summed E-state index contributed by atoms with van der Waals surface area (Å²) in [5, 5.41) is 17.6. The molecule has 0 aliphatic carbocycles. The Labute approximate surface area is 91.7 Å². The van der Waals surface area contributed by atoms with Crippen molar-refractivity contribution < 1.29 is 19.6 Å². The van der Waals surface area contributed by atoms with Crippen molar-refractivity contribution in [2.75, 3.05) is 0 Å². The van der Waals surface area contributed by atoms with Gasteiger partial charge in [0.2, 0.25) is 0 Å². The Morgan fingerprint density at radius 1 is 1.19 bits per heavy atom. The minimum Gasteiger partial charge on any atom is -0.481 e. The molecule has 0 saturated heterocycles. The predicted octanol–water partition coefficient (Wildman–Crippen LogP) is 1.89. The zero-order valence-corrected chi connectivity index (χ0v) is 8.84. The lowest BCUT2D eigenvalue weighted by molar-refractivity contribution is -0.384. The van der Waals surface area contributed by atoms with Crippen LogP contribution in [0.4, 0.5) is 5.69 Å². The largest absolute Gasteiger partial charge is 0.481 e. The molecule has 1 rings (SSSR count). The van der Waals surface area contributed by atoms with Crippen molar-refractivity contribution >= 4 is 17.4 Å². The minimum absolute atomic E-state index is 0.000000000000000222. The zero-order chi connectivity index (χ0) is 12.7. The number of nitro benzene ring substituents is 1. The molecule has 0 fully saturated rings. The maximum atomic E-state index is 10.8. The number of carboxylic acids is 1. The monoisotopic (exact) mass is 225 g/mol. The molecule has 0 spiro atoms. The van der Waals surface area contributed by atoms with Crippen molar-refractivity contribution in [2.45, 2.75) is 13.8 Å². The number of aliphatic carboxylic acids is 1. The van der Waals surface area contributed by atoms with Gasteiger partial charge in [-0.25, -0.2) is 0 Å². The second-order valence-corrected chi connectivity index (χ2v) is 2.88. The first-order valence-corrected chi connectivity index (χ1v) is 4.29. The van der Waals surface area contributed by atoms with Gasteiger partial charge < -0.3 is 5.11 Å². The molecule has 0 heterocycles. The first-order chi connectivity index (χ1) is 7.34. The lowest BCUT2D eigenvalue weighted by Crippen LogP contribution is -1.92. The number of carboxylic acid groups (broad SMARTS) is 1. The molecule has 0 bridgehead atoms. The standard InChI is InChI=1S/C8H7NO3.C2H4O2/c1-6(10)7-2-4-8(5-3-7)9(11)12;1-2(3)4/h2-5H,1H3;1H3,(H,3,4). The van der Waals surface area contributed by atoms with Gasteiger partial charge in [-0.3, -0.25) is 19.7 Å². The van der Waals surface area contributed by atoms with Gasteiger partial charge in [0.1, 0.15) is 0 Å². The molecule has 0 saturated carbocycles. The van der Waals surface area contributed by atoms with Crippen molar-refractivity contribution in [3.8, 4) is 0 Å². The molecule has 86 valence electrons. The number of Topliss-reactive ketones (excluding diaryl/α,β-unsaturated/α-hetero) is 1. The molecule has 16 heavy (non-hydrogen) atoms. The Hall–Kier alpha value is -2.24. The highest BCUT2D eigenvalue weighted by molar-refractivity contribution is 5.94. The summed E-state index contributed by atoms with van der Waals surface area (Å²) in [4.78, 5) is 29.5. The maximum Gasteiger partial charge on any atom is 0.300 e. The number of nitrogens with zero attached hydrogens (tertiary/aromatic N) is 1. The van der Waals surface area contributed by atoms with Gasteiger partial charge in [0, 0.05) is 24.6 Å². The lowest BCUT2D eigenvalue weighted by Gasteiger charge is -1.93. The summed E-state index contributed by atoms with van der Waals surface area (Å²) < 4.78 is 0. The number of ketones is 1. The molecule has 6 heteroatoms. The minimum atomic E-state index is -0.833. The van der Waals surface area contributed by atoms with Crippen LogP contribution >= 0.6 is 0 Å². The number of nitro groups is 1. The first-order valence-electron chi connectivity index (χ1n) is 4.29. The van der Waals surface area contributed by atoms with E-state index < -0.39 is 10.9 Å². The highest BCUT2D eigenvalue weighted by Crippen LogP contribution is 2.11. The third kappa shape index (κ3) is 5.48. The van der Waals surface area contributed by atoms with Crippen molar-refractivity contribution in [2.24, 2.45) is 0 Å². The second kappa shape index (κ2) is 6.28. The third-order valence-electron chi connectivity index (χ3n) is 1.48. The molecular formula is C10H11NO5. The SMILES string of the molecule is CC(=O)O.CC(=O)c1ccc([N+](=O)[O-])cc1. The van der Waals surface area contributed by atoms with Crippen LogP contribution in [0.1, 0.15) is 24.2 Å². The van der Waals surface area contributed by atoms with Crippen LogP contribution in [0.25, 0.3) is 0 Å². The van der Waals surface area contributed by atoms with Crippen LogP contribution in [0.2, 0.25) is 0 Å². The van der Waals surface area contributed by atoms with Crippen molar-refractivity contribution in [3.63, 3.8) is 0 Å². The van der Waals surface area contributed by atoms with E-state index in [1.165, 1.54) is 31.2 Å². The van der Waals surface area contributed by atoms with Crippen LogP contribution in [-0.4, -0.2) is 21.8 Å². The van der Waals surface area contributed by atoms with Gasteiger partial charge in [0.15, 0.2) is 5.78 Å². The van der Waals surface area contributed by atoms with Gasteiger partial charge in [-0.1, -0.05) is 0 Å². The summed E-state index contributed by atoms with van der Waals surface area (Å²) >= 11 is 0. The molecule has 0 aromatic heterocycles. The molecule has 0 amide bonds. The van der Waals surface area contributed by atoms with Crippen LogP contribution < -0.4 is 0 Å². The van der Waals surface area contributed by atoms with Gasteiger partial charge in [0.25, 0.3) is 11.7 Å². The Morgan fingerprint density at radius 3 is 1.81 bits per heavy atom. The highest BCUT2D eigenvalue weighted by atomic mass is 16.6. The molecule has 0 aliphatic rings. The van der Waals surface area contributed by atoms with E-state index in [9.17, 15) is 14.9 Å². The molecule has 6 nitrogen and oxygen atoms in total. The van der Waals surface area contributed by atoms with Gasteiger partial charge in [-0.2, -0.15) is 0 Å². The normalized spacial score (nSPS) is 8.62. The molecule has 1 aromatic carbocycles. The fraction of sp³-hybridized carbons (Fsp3) is 0.200. The van der Waals surface area contributed by atoms with E-state index in [1.807, 2.05) is 0 Å². The van der Waals surface area contributed by atoms with Gasteiger partial charge >= 0.3 is 0 Å². The molecule has 0 aliphatic heterocycles. The molecule has 0 radical (unpaired) electrons. The molecule has 0 unspecified atom stereocenters. The number of non-ortho nitro benzene ring substituents is 1. The number of carbonyl (C=O) groups excluding carboxylic acids is 1. The smallest absolute Gasteiger partial charge is 0.300 e. The van der Waals surface area contributed by atoms with E-state index in [0.29, 0.717) is 5.56 Å². The van der Waals surface area contributed by atoms with E-state index in [4.69, 9.17) is 9.90 Å². The topological polar surface area (TPSA) is 97.5 Å². The van der Waals surface area contributed by atoms with Crippen LogP contribution in [0.15, 0.2) is 24.3 Å². The number of rotatable bonds is 2. The number of carbonyl (C=O) groups is 2. The molecular weight excluding hydrogens is 214 g/mol. The average Bonchev–Trinajstić information content (AvgIpc) is 2.17. The Kier molecular flexibility index (Phi) is 5.40. The van der Waals surface area contributed by atoms with Crippen LogP contribution in [0, 0.1) is 10.1 Å². The number of benzene rings is 1. The van der Waals surface area contributed by atoms with E-state index in [-0.39, 0.29) is 11.5 Å². The Balaban J connectivity index is 0.000000487. The number of hydrogen-bond acceptors (Lipinski definition) is 4.